The zero-order valence-electron chi connectivity index (χ0n) is 11.2. The first kappa shape index (κ1) is 12.3. The van der Waals surface area contributed by atoms with E-state index in [-0.39, 0.29) is 0 Å². The molecule has 2 aliphatic heterocycles. The fourth-order valence-corrected chi connectivity index (χ4v) is 3.15. The minimum atomic E-state index is 0.695. The van der Waals surface area contributed by atoms with Gasteiger partial charge in [0.05, 0.1) is 0 Å². The molecule has 4 unspecified atom stereocenters. The van der Waals surface area contributed by atoms with Crippen molar-refractivity contribution in [1.29, 1.82) is 0 Å². The van der Waals surface area contributed by atoms with E-state index in [4.69, 9.17) is 0 Å². The standard InChI is InChI=1S/C13H27N3/c1-10-5-13(7-14-6-10)16-8-11(2)15(4)12(3)9-16/h10-14H,5-9H2,1-4H3. The molecule has 0 aliphatic carbocycles. The Hall–Kier alpha value is -0.120. The number of hydrogen-bond donors (Lipinski definition) is 1. The Morgan fingerprint density at radius 2 is 1.62 bits per heavy atom. The third-order valence-electron chi connectivity index (χ3n) is 4.45. The highest BCUT2D eigenvalue weighted by molar-refractivity contribution is 4.89. The van der Waals surface area contributed by atoms with Crippen molar-refractivity contribution in [3.05, 3.63) is 0 Å². The molecule has 2 aliphatic rings. The van der Waals surface area contributed by atoms with Gasteiger partial charge in [-0.1, -0.05) is 6.92 Å². The number of piperazine rings is 1. The lowest BCUT2D eigenvalue weighted by Crippen LogP contribution is -2.60. The Morgan fingerprint density at radius 3 is 2.19 bits per heavy atom. The molecule has 0 amide bonds. The first-order valence-electron chi connectivity index (χ1n) is 6.74. The van der Waals surface area contributed by atoms with Crippen LogP contribution in [-0.2, 0) is 0 Å². The van der Waals surface area contributed by atoms with E-state index in [9.17, 15) is 0 Å². The van der Waals surface area contributed by atoms with Crippen LogP contribution in [0.3, 0.4) is 0 Å². The Labute approximate surface area is 100 Å². The van der Waals surface area contributed by atoms with Crippen molar-refractivity contribution in [2.45, 2.75) is 45.3 Å². The molecular weight excluding hydrogens is 198 g/mol. The zero-order chi connectivity index (χ0) is 11.7. The molecule has 0 aromatic carbocycles. The maximum Gasteiger partial charge on any atom is 0.0224 e. The van der Waals surface area contributed by atoms with Crippen molar-refractivity contribution in [2.75, 3.05) is 33.2 Å². The summed E-state index contributed by atoms with van der Waals surface area (Å²) in [5.41, 5.74) is 0. The number of nitrogens with zero attached hydrogens (tertiary/aromatic N) is 2. The van der Waals surface area contributed by atoms with E-state index in [1.54, 1.807) is 0 Å². The Morgan fingerprint density at radius 1 is 1.00 bits per heavy atom. The van der Waals surface area contributed by atoms with Crippen molar-refractivity contribution in [3.8, 4) is 0 Å². The van der Waals surface area contributed by atoms with Crippen LogP contribution in [0.5, 0.6) is 0 Å². The van der Waals surface area contributed by atoms with Crippen LogP contribution >= 0.6 is 0 Å². The predicted octanol–water partition coefficient (Wildman–Crippen LogP) is 1.01. The summed E-state index contributed by atoms with van der Waals surface area (Å²) in [5, 5.41) is 3.57. The molecule has 16 heavy (non-hydrogen) atoms. The zero-order valence-corrected chi connectivity index (χ0v) is 11.2. The van der Waals surface area contributed by atoms with E-state index in [2.05, 4.69) is 42.9 Å². The second-order valence-electron chi connectivity index (χ2n) is 5.97. The van der Waals surface area contributed by atoms with E-state index in [1.165, 1.54) is 32.6 Å². The molecule has 3 nitrogen and oxygen atoms in total. The molecule has 2 fully saturated rings. The van der Waals surface area contributed by atoms with Gasteiger partial charge in [-0.2, -0.15) is 0 Å². The van der Waals surface area contributed by atoms with Crippen molar-refractivity contribution >= 4 is 0 Å². The van der Waals surface area contributed by atoms with E-state index in [1.807, 2.05) is 0 Å². The van der Waals surface area contributed by atoms with Crippen LogP contribution in [0.2, 0.25) is 0 Å². The van der Waals surface area contributed by atoms with Crippen LogP contribution in [-0.4, -0.2) is 61.2 Å². The third-order valence-corrected chi connectivity index (χ3v) is 4.45. The molecule has 0 saturated carbocycles. The minimum Gasteiger partial charge on any atom is -0.315 e. The van der Waals surface area contributed by atoms with Crippen molar-refractivity contribution < 1.29 is 0 Å². The lowest BCUT2D eigenvalue weighted by molar-refractivity contribution is 0.0217. The largest absolute Gasteiger partial charge is 0.315 e. The van der Waals surface area contributed by atoms with Crippen LogP contribution in [0.25, 0.3) is 0 Å². The van der Waals surface area contributed by atoms with Gasteiger partial charge in [0, 0.05) is 37.8 Å². The summed E-state index contributed by atoms with van der Waals surface area (Å²) in [6.07, 6.45) is 1.37. The summed E-state index contributed by atoms with van der Waals surface area (Å²) in [6.45, 7) is 11.9. The molecule has 3 heteroatoms. The number of likely N-dealkylation sites (N-methyl/N-ethyl adjacent to an activating group) is 1. The van der Waals surface area contributed by atoms with Crippen molar-refractivity contribution in [2.24, 2.45) is 5.92 Å². The number of nitrogens with one attached hydrogen (secondary N) is 1. The Bertz CT molecular complexity index is 219. The Balaban J connectivity index is 1.94. The van der Waals surface area contributed by atoms with Gasteiger partial charge in [0.2, 0.25) is 0 Å². The lowest BCUT2D eigenvalue weighted by atomic mass is 9.94. The molecule has 2 heterocycles. The van der Waals surface area contributed by atoms with E-state index < -0.39 is 0 Å². The van der Waals surface area contributed by atoms with Crippen LogP contribution in [0.1, 0.15) is 27.2 Å². The summed E-state index contributed by atoms with van der Waals surface area (Å²) < 4.78 is 0. The summed E-state index contributed by atoms with van der Waals surface area (Å²) in [5.74, 6) is 0.837. The molecule has 0 aromatic heterocycles. The predicted molar refractivity (Wildman–Crippen MR) is 68.7 cm³/mol. The summed E-state index contributed by atoms with van der Waals surface area (Å²) >= 11 is 0. The monoisotopic (exact) mass is 225 g/mol. The first-order chi connectivity index (χ1) is 7.58. The van der Waals surface area contributed by atoms with Crippen LogP contribution in [0, 0.1) is 5.92 Å². The normalized spacial score (nSPS) is 43.5. The van der Waals surface area contributed by atoms with Gasteiger partial charge in [-0.3, -0.25) is 9.80 Å². The first-order valence-corrected chi connectivity index (χ1v) is 6.74. The fourth-order valence-electron chi connectivity index (χ4n) is 3.15. The molecule has 2 rings (SSSR count). The quantitative estimate of drug-likeness (QED) is 0.718. The van der Waals surface area contributed by atoms with Gasteiger partial charge in [0.25, 0.3) is 0 Å². The molecule has 4 atom stereocenters. The van der Waals surface area contributed by atoms with Crippen molar-refractivity contribution in [1.82, 2.24) is 15.1 Å². The van der Waals surface area contributed by atoms with E-state index in [0.29, 0.717) is 12.1 Å². The highest BCUT2D eigenvalue weighted by Gasteiger charge is 2.32. The molecule has 0 aromatic rings. The molecular formula is C13H27N3. The second kappa shape index (κ2) is 5.03. The highest BCUT2D eigenvalue weighted by atomic mass is 15.3. The number of hydrogen-bond acceptors (Lipinski definition) is 3. The topological polar surface area (TPSA) is 18.5 Å². The van der Waals surface area contributed by atoms with Crippen molar-refractivity contribution in [3.63, 3.8) is 0 Å². The molecule has 0 radical (unpaired) electrons. The van der Waals surface area contributed by atoms with Gasteiger partial charge >= 0.3 is 0 Å². The Kier molecular flexibility index (Phi) is 3.88. The van der Waals surface area contributed by atoms with E-state index in [0.717, 1.165) is 12.0 Å². The van der Waals surface area contributed by atoms with Gasteiger partial charge in [-0.25, -0.2) is 0 Å². The molecule has 94 valence electrons. The molecule has 2 saturated heterocycles. The van der Waals surface area contributed by atoms with Gasteiger partial charge in [0.15, 0.2) is 0 Å². The van der Waals surface area contributed by atoms with Crippen LogP contribution in [0.15, 0.2) is 0 Å². The average molecular weight is 225 g/mol. The maximum absolute atomic E-state index is 3.57. The second-order valence-corrected chi connectivity index (χ2v) is 5.97. The third kappa shape index (κ3) is 2.58. The SMILES string of the molecule is CC1CNCC(N2CC(C)N(C)C(C)C2)C1. The number of rotatable bonds is 1. The van der Waals surface area contributed by atoms with Gasteiger partial charge in [-0.15, -0.1) is 0 Å². The summed E-state index contributed by atoms with van der Waals surface area (Å²) in [6, 6.07) is 2.16. The highest BCUT2D eigenvalue weighted by Crippen LogP contribution is 2.21. The smallest absolute Gasteiger partial charge is 0.0224 e. The lowest BCUT2D eigenvalue weighted by Gasteiger charge is -2.47. The summed E-state index contributed by atoms with van der Waals surface area (Å²) in [7, 11) is 2.26. The van der Waals surface area contributed by atoms with Gasteiger partial charge in [0.1, 0.15) is 0 Å². The fraction of sp³-hybridized carbons (Fsp3) is 1.00. The average Bonchev–Trinajstić information content (AvgIpc) is 2.25. The van der Waals surface area contributed by atoms with Crippen LogP contribution in [0.4, 0.5) is 0 Å². The molecule has 0 spiro atoms. The number of piperidine rings is 1. The summed E-state index contributed by atoms with van der Waals surface area (Å²) in [4.78, 5) is 5.22. The van der Waals surface area contributed by atoms with Crippen LogP contribution < -0.4 is 5.32 Å². The van der Waals surface area contributed by atoms with Gasteiger partial charge in [-0.05, 0) is 39.8 Å². The molecule has 1 N–H and O–H groups in total. The van der Waals surface area contributed by atoms with E-state index >= 15 is 0 Å². The maximum atomic E-state index is 3.57. The van der Waals surface area contributed by atoms with Gasteiger partial charge < -0.3 is 5.32 Å². The molecule has 0 bridgehead atoms. The minimum absolute atomic E-state index is 0.695.